The van der Waals surface area contributed by atoms with Crippen molar-refractivity contribution in [3.8, 4) is 5.75 Å². The lowest BCUT2D eigenvalue weighted by atomic mass is 9.94. The minimum Gasteiger partial charge on any atom is -0.495 e. The van der Waals surface area contributed by atoms with Gasteiger partial charge in [0, 0.05) is 31.2 Å². The number of carbonyl (C=O) groups excluding carboxylic acids is 1. The van der Waals surface area contributed by atoms with Gasteiger partial charge in [0.2, 0.25) is 10.0 Å². The number of methoxy groups -OCH3 is 1. The molecular weight excluding hydrogens is 376 g/mol. The van der Waals surface area contributed by atoms with E-state index in [2.05, 4.69) is 20.8 Å². The van der Waals surface area contributed by atoms with Gasteiger partial charge < -0.3 is 9.64 Å². The summed E-state index contributed by atoms with van der Waals surface area (Å²) in [5, 5.41) is 0. The van der Waals surface area contributed by atoms with Crippen LogP contribution in [-0.4, -0.2) is 56.3 Å². The highest BCUT2D eigenvalue weighted by Crippen LogP contribution is 2.32. The van der Waals surface area contributed by atoms with E-state index in [1.807, 2.05) is 4.90 Å². The molecule has 0 spiro atoms. The van der Waals surface area contributed by atoms with E-state index < -0.39 is 10.0 Å². The predicted octanol–water partition coefficient (Wildman–Crippen LogP) is 3.38. The third-order valence-corrected chi connectivity index (χ3v) is 7.78. The fourth-order valence-corrected chi connectivity index (χ4v) is 6.38. The molecule has 6 nitrogen and oxygen atoms in total. The molecule has 0 aliphatic carbocycles. The first-order valence-corrected chi connectivity index (χ1v) is 11.7. The summed E-state index contributed by atoms with van der Waals surface area (Å²) in [6.45, 7) is 7.92. The second kappa shape index (κ2) is 8.41. The van der Waals surface area contributed by atoms with Crippen molar-refractivity contribution in [1.82, 2.24) is 9.21 Å². The molecule has 0 aromatic heterocycles. The van der Waals surface area contributed by atoms with E-state index in [1.54, 1.807) is 16.4 Å². The molecular formula is C21H32N2O4S. The molecule has 0 radical (unpaired) electrons. The Morgan fingerprint density at radius 2 is 1.79 bits per heavy atom. The molecule has 1 aromatic rings. The minimum atomic E-state index is -3.73. The second-order valence-electron chi connectivity index (χ2n) is 8.48. The van der Waals surface area contributed by atoms with Gasteiger partial charge in [0.05, 0.1) is 7.11 Å². The molecule has 2 aliphatic rings. The van der Waals surface area contributed by atoms with Crippen LogP contribution in [0.4, 0.5) is 0 Å². The molecule has 28 heavy (non-hydrogen) atoms. The van der Waals surface area contributed by atoms with Crippen LogP contribution in [-0.2, 0) is 10.0 Å². The first-order valence-electron chi connectivity index (χ1n) is 10.2. The Morgan fingerprint density at radius 3 is 2.39 bits per heavy atom. The first kappa shape index (κ1) is 21.1. The molecule has 2 fully saturated rings. The zero-order chi connectivity index (χ0) is 20.5. The van der Waals surface area contributed by atoms with Crippen LogP contribution in [0.15, 0.2) is 23.1 Å². The van der Waals surface area contributed by atoms with E-state index in [1.165, 1.54) is 13.2 Å². The van der Waals surface area contributed by atoms with Crippen molar-refractivity contribution >= 4 is 15.9 Å². The Morgan fingerprint density at radius 1 is 1.11 bits per heavy atom. The fraction of sp³-hybridized carbons (Fsp3) is 0.667. The van der Waals surface area contributed by atoms with E-state index in [-0.39, 0.29) is 22.6 Å². The number of piperidine rings is 2. The number of hydrogen-bond donors (Lipinski definition) is 0. The summed E-state index contributed by atoms with van der Waals surface area (Å²) >= 11 is 0. The van der Waals surface area contributed by atoms with Crippen LogP contribution >= 0.6 is 0 Å². The lowest BCUT2D eigenvalue weighted by Gasteiger charge is -2.35. The smallest absolute Gasteiger partial charge is 0.254 e. The van der Waals surface area contributed by atoms with Gasteiger partial charge in [0.1, 0.15) is 10.6 Å². The van der Waals surface area contributed by atoms with Gasteiger partial charge in [-0.2, -0.15) is 4.31 Å². The average molecular weight is 409 g/mol. The Labute approximate surface area is 168 Å². The summed E-state index contributed by atoms with van der Waals surface area (Å²) in [4.78, 5) is 15.0. The maximum absolute atomic E-state index is 13.4. The predicted molar refractivity (Wildman–Crippen MR) is 109 cm³/mol. The quantitative estimate of drug-likeness (QED) is 0.766. The molecule has 2 saturated heterocycles. The molecule has 1 amide bonds. The topological polar surface area (TPSA) is 66.9 Å². The number of amides is 1. The molecule has 3 rings (SSSR count). The summed E-state index contributed by atoms with van der Waals surface area (Å²) in [7, 11) is -2.27. The number of hydrogen-bond acceptors (Lipinski definition) is 4. The molecule has 0 bridgehead atoms. The zero-order valence-corrected chi connectivity index (χ0v) is 18.2. The first-order chi connectivity index (χ1) is 13.2. The zero-order valence-electron chi connectivity index (χ0n) is 17.3. The van der Waals surface area contributed by atoms with Crippen molar-refractivity contribution in [2.45, 2.75) is 57.4 Å². The minimum absolute atomic E-state index is 0.0896. The Hall–Kier alpha value is -1.60. The Balaban J connectivity index is 1.96. The monoisotopic (exact) mass is 408 g/mol. The highest BCUT2D eigenvalue weighted by atomic mass is 32.2. The standard InChI is InChI=1S/C21H32N2O4S/c1-15-11-16(2)14-22(13-15)28(25,26)20-12-18(8-9-19(20)27-4)21(24)23-10-6-5-7-17(23)3/h8-9,12,15-17H,5-7,10-11,13-14H2,1-4H3. The molecule has 2 aliphatic heterocycles. The van der Waals surface area contributed by atoms with Crippen LogP contribution in [0.1, 0.15) is 56.8 Å². The van der Waals surface area contributed by atoms with E-state index in [0.29, 0.717) is 30.5 Å². The number of benzene rings is 1. The van der Waals surface area contributed by atoms with Crippen molar-refractivity contribution in [3.63, 3.8) is 0 Å². The number of carbonyl (C=O) groups is 1. The maximum Gasteiger partial charge on any atom is 0.254 e. The third-order valence-electron chi connectivity index (χ3n) is 5.93. The number of rotatable bonds is 4. The van der Waals surface area contributed by atoms with Crippen molar-refractivity contribution in [3.05, 3.63) is 23.8 Å². The highest BCUT2D eigenvalue weighted by Gasteiger charge is 2.34. The van der Waals surface area contributed by atoms with E-state index in [4.69, 9.17) is 4.74 Å². The number of sulfonamides is 1. The molecule has 1 aromatic carbocycles. The lowest BCUT2D eigenvalue weighted by Crippen LogP contribution is -2.43. The van der Waals surface area contributed by atoms with Gasteiger partial charge in [-0.05, 0) is 62.6 Å². The van der Waals surface area contributed by atoms with Gasteiger partial charge in [-0.3, -0.25) is 4.79 Å². The van der Waals surface area contributed by atoms with Crippen molar-refractivity contribution < 1.29 is 17.9 Å². The Kier molecular flexibility index (Phi) is 6.34. The van der Waals surface area contributed by atoms with E-state index >= 15 is 0 Å². The van der Waals surface area contributed by atoms with Gasteiger partial charge in [0.15, 0.2) is 0 Å². The summed E-state index contributed by atoms with van der Waals surface area (Å²) in [5.74, 6) is 0.799. The summed E-state index contributed by atoms with van der Waals surface area (Å²) < 4.78 is 33.7. The van der Waals surface area contributed by atoms with Gasteiger partial charge in [-0.1, -0.05) is 13.8 Å². The maximum atomic E-state index is 13.4. The number of ether oxygens (including phenoxy) is 1. The van der Waals surface area contributed by atoms with Gasteiger partial charge >= 0.3 is 0 Å². The third kappa shape index (κ3) is 4.20. The summed E-state index contributed by atoms with van der Waals surface area (Å²) in [5.41, 5.74) is 0.409. The van der Waals surface area contributed by atoms with Gasteiger partial charge in [0.25, 0.3) is 5.91 Å². The molecule has 0 saturated carbocycles. The summed E-state index contributed by atoms with van der Waals surface area (Å²) in [6, 6.07) is 4.95. The Bertz CT molecular complexity index is 814. The lowest BCUT2D eigenvalue weighted by molar-refractivity contribution is 0.0635. The molecule has 3 atom stereocenters. The number of likely N-dealkylation sites (tertiary alicyclic amines) is 1. The molecule has 156 valence electrons. The van der Waals surface area contributed by atoms with Crippen molar-refractivity contribution in [2.75, 3.05) is 26.7 Å². The molecule has 3 unspecified atom stereocenters. The largest absolute Gasteiger partial charge is 0.495 e. The van der Waals surface area contributed by atoms with Crippen molar-refractivity contribution in [1.29, 1.82) is 0 Å². The number of nitrogens with zero attached hydrogens (tertiary/aromatic N) is 2. The van der Waals surface area contributed by atoms with Crippen LogP contribution in [0, 0.1) is 11.8 Å². The van der Waals surface area contributed by atoms with Crippen LogP contribution in [0.2, 0.25) is 0 Å². The van der Waals surface area contributed by atoms with Gasteiger partial charge in [-0.25, -0.2) is 8.42 Å². The summed E-state index contributed by atoms with van der Waals surface area (Å²) in [6.07, 6.45) is 4.12. The van der Waals surface area contributed by atoms with Crippen LogP contribution < -0.4 is 4.74 Å². The molecule has 0 N–H and O–H groups in total. The van der Waals surface area contributed by atoms with Crippen LogP contribution in [0.25, 0.3) is 0 Å². The van der Waals surface area contributed by atoms with E-state index in [9.17, 15) is 13.2 Å². The normalized spacial score (nSPS) is 26.9. The fourth-order valence-electron chi connectivity index (χ4n) is 4.52. The van der Waals surface area contributed by atoms with Crippen LogP contribution in [0.5, 0.6) is 5.75 Å². The highest BCUT2D eigenvalue weighted by molar-refractivity contribution is 7.89. The second-order valence-corrected chi connectivity index (χ2v) is 10.4. The van der Waals surface area contributed by atoms with Crippen molar-refractivity contribution in [2.24, 2.45) is 11.8 Å². The average Bonchev–Trinajstić information content (AvgIpc) is 2.66. The van der Waals surface area contributed by atoms with E-state index in [0.717, 1.165) is 32.2 Å². The van der Waals surface area contributed by atoms with Gasteiger partial charge in [-0.15, -0.1) is 0 Å². The SMILES string of the molecule is COc1ccc(C(=O)N2CCCCC2C)cc1S(=O)(=O)N1CC(C)CC(C)C1. The van der Waals surface area contributed by atoms with Crippen LogP contribution in [0.3, 0.4) is 0 Å². The molecule has 7 heteroatoms. The molecule has 2 heterocycles.